The van der Waals surface area contributed by atoms with Gasteiger partial charge in [-0.05, 0) is 23.8 Å². The number of fused-ring (bicyclic) bond motifs is 1. The Morgan fingerprint density at radius 2 is 1.90 bits per heavy atom. The van der Waals surface area contributed by atoms with E-state index in [1.807, 2.05) is 0 Å². The maximum Gasteiger partial charge on any atom is 0.328 e. The third-order valence-electron chi connectivity index (χ3n) is 4.64. The molecule has 2 aromatic heterocycles. The lowest BCUT2D eigenvalue weighted by Gasteiger charge is -2.08. The third-order valence-corrected chi connectivity index (χ3v) is 5.40. The number of aromatic nitrogens is 3. The number of nitrogens with one attached hydrogen (secondary N) is 2. The van der Waals surface area contributed by atoms with Gasteiger partial charge in [0, 0.05) is 12.4 Å². The molecule has 0 aliphatic carbocycles. The second-order valence-corrected chi connectivity index (χ2v) is 7.47. The number of benzene rings is 2. The van der Waals surface area contributed by atoms with Crippen molar-refractivity contribution in [3.05, 3.63) is 79.6 Å². The van der Waals surface area contributed by atoms with Crippen molar-refractivity contribution in [1.82, 2.24) is 14.5 Å². The van der Waals surface area contributed by atoms with Crippen LogP contribution in [-0.4, -0.2) is 20.4 Å². The van der Waals surface area contributed by atoms with Gasteiger partial charge in [-0.25, -0.2) is 22.9 Å². The lowest BCUT2D eigenvalue weighted by Crippen LogP contribution is -2.29. The van der Waals surface area contributed by atoms with Crippen molar-refractivity contribution in [2.75, 3.05) is 5.32 Å². The Morgan fingerprint density at radius 3 is 2.68 bits per heavy atom. The summed E-state index contributed by atoms with van der Waals surface area (Å²) in [4.78, 5) is 42.6. The Bertz CT molecular complexity index is 1460. The summed E-state index contributed by atoms with van der Waals surface area (Å²) >= 11 is 0.906. The molecule has 2 heterocycles. The Kier molecular flexibility index (Phi) is 5.19. The Morgan fingerprint density at radius 1 is 1.16 bits per heavy atom. The summed E-state index contributed by atoms with van der Waals surface area (Å²) in [6.45, 7) is 0. The highest BCUT2D eigenvalue weighted by Crippen LogP contribution is 2.30. The van der Waals surface area contributed by atoms with E-state index in [9.17, 15) is 27.6 Å². The molecule has 0 saturated carbocycles. The van der Waals surface area contributed by atoms with Crippen LogP contribution in [0.1, 0.15) is 5.56 Å². The number of thiazole rings is 1. The van der Waals surface area contributed by atoms with E-state index in [1.165, 1.54) is 17.0 Å². The van der Waals surface area contributed by atoms with E-state index in [0.29, 0.717) is 17.1 Å². The molecule has 158 valence electrons. The number of halogens is 3. The predicted octanol–water partition coefficient (Wildman–Crippen LogP) is 2.95. The highest BCUT2D eigenvalue weighted by molar-refractivity contribution is 7.14. The molecule has 1 amide bonds. The quantitative estimate of drug-likeness (QED) is 0.471. The molecule has 0 fully saturated rings. The fourth-order valence-electron chi connectivity index (χ4n) is 3.17. The molecule has 0 atom stereocenters. The Labute approximate surface area is 175 Å². The number of hydrogen-bond donors (Lipinski definition) is 2. The van der Waals surface area contributed by atoms with E-state index in [-0.39, 0.29) is 22.6 Å². The lowest BCUT2D eigenvalue weighted by molar-refractivity contribution is -0.115. The van der Waals surface area contributed by atoms with E-state index in [2.05, 4.69) is 15.3 Å². The molecule has 0 aliphatic heterocycles. The van der Waals surface area contributed by atoms with Crippen LogP contribution in [0.25, 0.3) is 22.2 Å². The van der Waals surface area contributed by atoms with Crippen LogP contribution in [0.5, 0.6) is 0 Å². The summed E-state index contributed by atoms with van der Waals surface area (Å²) in [6, 6.07) is 6.23. The summed E-state index contributed by atoms with van der Waals surface area (Å²) < 4.78 is 42.6. The Hall–Kier alpha value is -3.73. The van der Waals surface area contributed by atoms with Gasteiger partial charge < -0.3 is 5.32 Å². The number of carbonyl (C=O) groups is 1. The summed E-state index contributed by atoms with van der Waals surface area (Å²) in [6.07, 6.45) is -0.212. The number of hydrogen-bond acceptors (Lipinski definition) is 5. The van der Waals surface area contributed by atoms with Gasteiger partial charge in [0.1, 0.15) is 5.82 Å². The second kappa shape index (κ2) is 7.84. The average Bonchev–Trinajstić information content (AvgIpc) is 3.17. The van der Waals surface area contributed by atoms with Crippen LogP contribution in [0.15, 0.2) is 45.3 Å². The normalized spacial score (nSPS) is 11.1. The van der Waals surface area contributed by atoms with Crippen LogP contribution >= 0.6 is 11.3 Å². The van der Waals surface area contributed by atoms with Gasteiger partial charge in [-0.15, -0.1) is 11.3 Å². The standard InChI is InChI=1S/C20H13F3N4O3S/c1-27-13-4-2-3-9(15(13)18(29)26-20(27)30)7-14(28)25-19-24-12(8-31-19)16-10(21)5-6-11(22)17(16)23/h2-6,8H,7H2,1H3,(H,24,25,28)(H,26,29,30). The van der Waals surface area contributed by atoms with Crippen molar-refractivity contribution >= 4 is 33.3 Å². The molecular formula is C20H13F3N4O3S. The van der Waals surface area contributed by atoms with E-state index >= 15 is 0 Å². The summed E-state index contributed by atoms with van der Waals surface area (Å²) in [7, 11) is 1.49. The van der Waals surface area contributed by atoms with Crippen molar-refractivity contribution in [3.63, 3.8) is 0 Å². The molecule has 31 heavy (non-hydrogen) atoms. The second-order valence-electron chi connectivity index (χ2n) is 6.61. The monoisotopic (exact) mass is 446 g/mol. The van der Waals surface area contributed by atoms with E-state index < -0.39 is 40.2 Å². The van der Waals surface area contributed by atoms with Gasteiger partial charge in [0.05, 0.1) is 28.6 Å². The lowest BCUT2D eigenvalue weighted by atomic mass is 10.1. The van der Waals surface area contributed by atoms with Gasteiger partial charge in [0.15, 0.2) is 16.8 Å². The molecule has 7 nitrogen and oxygen atoms in total. The van der Waals surface area contributed by atoms with Crippen LogP contribution in [-0.2, 0) is 18.3 Å². The van der Waals surface area contributed by atoms with Crippen molar-refractivity contribution in [2.45, 2.75) is 6.42 Å². The first-order valence-electron chi connectivity index (χ1n) is 8.86. The number of aromatic amines is 1. The number of nitrogens with zero attached hydrogens (tertiary/aromatic N) is 2. The van der Waals surface area contributed by atoms with Crippen LogP contribution < -0.4 is 16.6 Å². The molecule has 0 spiro atoms. The SMILES string of the molecule is Cn1c(=O)[nH]c(=O)c2c(CC(=O)Nc3nc(-c4c(F)ccc(F)c4F)cs3)cccc21. The van der Waals surface area contributed by atoms with E-state index in [4.69, 9.17) is 0 Å². The van der Waals surface area contributed by atoms with Crippen molar-refractivity contribution < 1.29 is 18.0 Å². The smallest absolute Gasteiger partial charge is 0.302 e. The maximum atomic E-state index is 14.0. The van der Waals surface area contributed by atoms with Gasteiger partial charge in [0.2, 0.25) is 5.91 Å². The highest BCUT2D eigenvalue weighted by atomic mass is 32.1. The highest BCUT2D eigenvalue weighted by Gasteiger charge is 2.19. The van der Waals surface area contributed by atoms with Crippen molar-refractivity contribution in [3.8, 4) is 11.3 Å². The van der Waals surface area contributed by atoms with E-state index in [0.717, 1.165) is 17.4 Å². The molecule has 0 saturated heterocycles. The zero-order valence-corrected chi connectivity index (χ0v) is 16.6. The number of carbonyl (C=O) groups excluding carboxylic acids is 1. The largest absolute Gasteiger partial charge is 0.328 e. The van der Waals surface area contributed by atoms with Gasteiger partial charge in [0.25, 0.3) is 5.56 Å². The molecule has 2 N–H and O–H groups in total. The van der Waals surface area contributed by atoms with Gasteiger partial charge in [-0.1, -0.05) is 12.1 Å². The minimum absolute atomic E-state index is 0.0459. The van der Waals surface area contributed by atoms with Crippen LogP contribution in [0.2, 0.25) is 0 Å². The molecule has 4 aromatic rings. The summed E-state index contributed by atoms with van der Waals surface area (Å²) in [5.41, 5.74) is -1.23. The summed E-state index contributed by atoms with van der Waals surface area (Å²) in [5.74, 6) is -4.11. The van der Waals surface area contributed by atoms with Gasteiger partial charge >= 0.3 is 5.69 Å². The number of rotatable bonds is 4. The van der Waals surface area contributed by atoms with Crippen LogP contribution in [0.3, 0.4) is 0 Å². The fraction of sp³-hybridized carbons (Fsp3) is 0.100. The first-order valence-corrected chi connectivity index (χ1v) is 9.74. The third kappa shape index (κ3) is 3.75. The molecule has 0 unspecified atom stereocenters. The molecule has 11 heteroatoms. The minimum atomic E-state index is -1.37. The van der Waals surface area contributed by atoms with Crippen LogP contribution in [0, 0.1) is 17.5 Å². The van der Waals surface area contributed by atoms with Crippen molar-refractivity contribution in [1.29, 1.82) is 0 Å². The fourth-order valence-corrected chi connectivity index (χ4v) is 3.89. The molecule has 2 aromatic carbocycles. The van der Waals surface area contributed by atoms with Gasteiger partial charge in [-0.2, -0.15) is 0 Å². The van der Waals surface area contributed by atoms with Gasteiger partial charge in [-0.3, -0.25) is 19.1 Å². The topological polar surface area (TPSA) is 96.9 Å². The van der Waals surface area contributed by atoms with E-state index in [1.54, 1.807) is 18.2 Å². The number of anilines is 1. The first kappa shape index (κ1) is 20.5. The number of aryl methyl sites for hydroxylation is 1. The molecule has 4 rings (SSSR count). The van der Waals surface area contributed by atoms with Crippen LogP contribution in [0.4, 0.5) is 18.3 Å². The first-order chi connectivity index (χ1) is 14.8. The average molecular weight is 446 g/mol. The van der Waals surface area contributed by atoms with Crippen molar-refractivity contribution in [2.24, 2.45) is 7.05 Å². The minimum Gasteiger partial charge on any atom is -0.302 e. The summed E-state index contributed by atoms with van der Waals surface area (Å²) in [5, 5.41) is 4.02. The zero-order chi connectivity index (χ0) is 22.3. The Balaban J connectivity index is 1.61. The number of H-pyrrole nitrogens is 1. The molecule has 0 bridgehead atoms. The zero-order valence-electron chi connectivity index (χ0n) is 15.8. The molecular weight excluding hydrogens is 433 g/mol. The predicted molar refractivity (Wildman–Crippen MR) is 110 cm³/mol. The number of amides is 1. The molecule has 0 aliphatic rings. The maximum absolute atomic E-state index is 14.0. The molecule has 0 radical (unpaired) electrons.